The average molecular weight is 84.9 g/mol. The molecule has 0 N–H and O–H groups in total. The second-order valence-electron chi connectivity index (χ2n) is 1.41. The van der Waals surface area contributed by atoms with E-state index in [2.05, 4.69) is 0 Å². The lowest BCUT2D eigenvalue weighted by atomic mass is 10.3. The Labute approximate surface area is 38.6 Å². The summed E-state index contributed by atoms with van der Waals surface area (Å²) in [6.07, 6.45) is 0. The Morgan fingerprint density at radius 2 is 2.00 bits per heavy atom. The molecule has 2 nitrogen and oxygen atoms in total. The summed E-state index contributed by atoms with van der Waals surface area (Å²) in [5.41, 5.74) is 0. The van der Waals surface area contributed by atoms with Crippen molar-refractivity contribution >= 4 is 13.9 Å². The predicted molar refractivity (Wildman–Crippen MR) is 27.0 cm³/mol. The summed E-state index contributed by atoms with van der Waals surface area (Å²) in [5, 5.41) is 0. The molecular formula is C3H8BNO. The van der Waals surface area contributed by atoms with Gasteiger partial charge in [0.1, 0.15) is 0 Å². The lowest BCUT2D eigenvalue weighted by Crippen LogP contribution is -2.19. The van der Waals surface area contributed by atoms with Crippen molar-refractivity contribution in [2.75, 3.05) is 7.05 Å². The molecule has 0 bridgehead atoms. The van der Waals surface area contributed by atoms with Crippen LogP contribution in [0.15, 0.2) is 0 Å². The molecule has 1 amide bonds. The molecule has 0 fully saturated rings. The molecule has 0 aromatic carbocycles. The Balaban J connectivity index is 3.26. The van der Waals surface area contributed by atoms with E-state index in [4.69, 9.17) is 0 Å². The zero-order valence-electron chi connectivity index (χ0n) is 4.36. The fraction of sp³-hybridized carbons (Fsp3) is 0.667. The zero-order valence-corrected chi connectivity index (χ0v) is 4.36. The third kappa shape index (κ3) is 1.82. The van der Waals surface area contributed by atoms with Crippen molar-refractivity contribution in [3.8, 4) is 0 Å². The van der Waals surface area contributed by atoms with Crippen molar-refractivity contribution in [2.24, 2.45) is 0 Å². The lowest BCUT2D eigenvalue weighted by molar-refractivity contribution is -0.123. The van der Waals surface area contributed by atoms with E-state index in [1.807, 2.05) is 0 Å². The van der Waals surface area contributed by atoms with Gasteiger partial charge in [0.2, 0.25) is 13.9 Å². The van der Waals surface area contributed by atoms with E-state index in [1.165, 1.54) is 11.7 Å². The number of amides is 1. The molecule has 0 spiro atoms. The van der Waals surface area contributed by atoms with Gasteiger partial charge in [0.25, 0.3) is 0 Å². The summed E-state index contributed by atoms with van der Waals surface area (Å²) >= 11 is 0. The third-order valence-corrected chi connectivity index (χ3v) is 0.630. The highest BCUT2D eigenvalue weighted by molar-refractivity contribution is 6.13. The Kier molecular flexibility index (Phi) is 1.71. The van der Waals surface area contributed by atoms with E-state index in [0.717, 1.165) is 0 Å². The zero-order chi connectivity index (χ0) is 5.15. The van der Waals surface area contributed by atoms with Crippen molar-refractivity contribution in [2.45, 2.75) is 6.92 Å². The van der Waals surface area contributed by atoms with Gasteiger partial charge in [-0.25, -0.2) is 0 Å². The van der Waals surface area contributed by atoms with Crippen LogP contribution >= 0.6 is 0 Å². The molecule has 6 heavy (non-hydrogen) atoms. The molecule has 0 radical (unpaired) electrons. The Bertz CT molecular complexity index is 61.8. The molecule has 0 atom stereocenters. The van der Waals surface area contributed by atoms with Crippen molar-refractivity contribution in [3.05, 3.63) is 0 Å². The summed E-state index contributed by atoms with van der Waals surface area (Å²) in [6.45, 7) is 1.53. The monoisotopic (exact) mass is 85.1 g/mol. The van der Waals surface area contributed by atoms with Gasteiger partial charge < -0.3 is 4.81 Å². The van der Waals surface area contributed by atoms with Crippen molar-refractivity contribution in [3.63, 3.8) is 0 Å². The molecule has 0 aliphatic heterocycles. The van der Waals surface area contributed by atoms with Crippen molar-refractivity contribution in [1.82, 2.24) is 4.81 Å². The highest BCUT2D eigenvalue weighted by Crippen LogP contribution is 1.68. The first kappa shape index (κ1) is 5.53. The van der Waals surface area contributed by atoms with Gasteiger partial charge in [0.05, 0.1) is 0 Å². The molecule has 3 heteroatoms. The number of hydrogen-bond acceptors (Lipinski definition) is 1. The number of hydrogen-bond donors (Lipinski definition) is 0. The smallest absolute Gasteiger partial charge is 0.220 e. The SMILES string of the molecule is BN(C)C(C)=O. The first-order valence-corrected chi connectivity index (χ1v) is 1.82. The van der Waals surface area contributed by atoms with Crippen LogP contribution in [0.1, 0.15) is 6.92 Å². The van der Waals surface area contributed by atoms with Gasteiger partial charge >= 0.3 is 0 Å². The fourth-order valence-corrected chi connectivity index (χ4v) is 0. The van der Waals surface area contributed by atoms with E-state index < -0.39 is 0 Å². The third-order valence-electron chi connectivity index (χ3n) is 0.630. The predicted octanol–water partition coefficient (Wildman–Crippen LogP) is -0.987. The van der Waals surface area contributed by atoms with Crippen molar-refractivity contribution < 1.29 is 4.79 Å². The maximum Gasteiger partial charge on any atom is 0.220 e. The topological polar surface area (TPSA) is 20.3 Å². The number of carbonyl (C=O) groups excluding carboxylic acids is 1. The second kappa shape index (κ2) is 1.85. The fourth-order valence-electron chi connectivity index (χ4n) is 0. The Hall–Kier alpha value is -0.465. The molecule has 0 aromatic rings. The maximum absolute atomic E-state index is 10.1. The van der Waals surface area contributed by atoms with Gasteiger partial charge in [-0.1, -0.05) is 0 Å². The first-order valence-electron chi connectivity index (χ1n) is 1.82. The largest absolute Gasteiger partial charge is 0.397 e. The van der Waals surface area contributed by atoms with Crippen LogP contribution in [-0.2, 0) is 4.79 Å². The summed E-state index contributed by atoms with van der Waals surface area (Å²) in [6, 6.07) is 0. The average Bonchev–Trinajstić information content (AvgIpc) is 1.36. The lowest BCUT2D eigenvalue weighted by Gasteiger charge is -2.02. The maximum atomic E-state index is 10.1. The molecular weight excluding hydrogens is 76.9 g/mol. The van der Waals surface area contributed by atoms with Gasteiger partial charge in [-0.15, -0.1) is 0 Å². The van der Waals surface area contributed by atoms with Crippen LogP contribution in [0.2, 0.25) is 0 Å². The summed E-state index contributed by atoms with van der Waals surface area (Å²) < 4.78 is 0. The summed E-state index contributed by atoms with van der Waals surface area (Å²) in [7, 11) is 3.45. The minimum absolute atomic E-state index is 0.0926. The van der Waals surface area contributed by atoms with Crippen LogP contribution in [0.3, 0.4) is 0 Å². The van der Waals surface area contributed by atoms with E-state index in [1.54, 1.807) is 15.0 Å². The molecule has 0 saturated carbocycles. The molecule has 0 unspecified atom stereocenters. The molecule has 0 aromatic heterocycles. The minimum atomic E-state index is 0.0926. The molecule has 34 valence electrons. The van der Waals surface area contributed by atoms with E-state index in [0.29, 0.717) is 0 Å². The van der Waals surface area contributed by atoms with Gasteiger partial charge in [-0.05, 0) is 7.05 Å². The van der Waals surface area contributed by atoms with Crippen molar-refractivity contribution in [1.29, 1.82) is 0 Å². The molecule has 0 heterocycles. The van der Waals surface area contributed by atoms with Gasteiger partial charge in [0, 0.05) is 6.92 Å². The molecule has 0 saturated heterocycles. The summed E-state index contributed by atoms with van der Waals surface area (Å²) in [5.74, 6) is 0.0926. The van der Waals surface area contributed by atoms with E-state index in [-0.39, 0.29) is 5.91 Å². The standard InChI is InChI=1S/C3H8BNO/c1-3(6)5(2)4/h4H2,1-2H3. The molecule has 0 rings (SSSR count). The van der Waals surface area contributed by atoms with Gasteiger partial charge in [-0.3, -0.25) is 4.79 Å². The van der Waals surface area contributed by atoms with Crippen LogP contribution in [0.25, 0.3) is 0 Å². The number of carbonyl (C=O) groups is 1. The van der Waals surface area contributed by atoms with E-state index >= 15 is 0 Å². The Morgan fingerprint density at radius 1 is 1.83 bits per heavy atom. The number of rotatable bonds is 0. The van der Waals surface area contributed by atoms with Crippen LogP contribution in [-0.4, -0.2) is 25.7 Å². The number of nitrogens with zero attached hydrogens (tertiary/aromatic N) is 1. The van der Waals surface area contributed by atoms with Crippen LogP contribution in [0.4, 0.5) is 0 Å². The van der Waals surface area contributed by atoms with Crippen LogP contribution in [0, 0.1) is 0 Å². The summed E-state index contributed by atoms with van der Waals surface area (Å²) in [4.78, 5) is 11.6. The molecule has 0 aliphatic rings. The highest BCUT2D eigenvalue weighted by atomic mass is 16.2. The minimum Gasteiger partial charge on any atom is -0.397 e. The Morgan fingerprint density at radius 3 is 2.00 bits per heavy atom. The second-order valence-corrected chi connectivity index (χ2v) is 1.41. The van der Waals surface area contributed by atoms with E-state index in [9.17, 15) is 4.79 Å². The normalized spacial score (nSPS) is 7.67. The van der Waals surface area contributed by atoms with Crippen LogP contribution < -0.4 is 0 Å². The van der Waals surface area contributed by atoms with Crippen LogP contribution in [0.5, 0.6) is 0 Å². The van der Waals surface area contributed by atoms with Gasteiger partial charge in [0.15, 0.2) is 0 Å². The van der Waals surface area contributed by atoms with Gasteiger partial charge in [-0.2, -0.15) is 0 Å². The molecule has 0 aliphatic carbocycles. The quantitative estimate of drug-likeness (QED) is 0.346. The first-order chi connectivity index (χ1) is 2.64. The highest BCUT2D eigenvalue weighted by Gasteiger charge is 1.87.